The monoisotopic (exact) mass is 864 g/mol. The Morgan fingerprint density at radius 3 is 1.58 bits per heavy atom. The molecule has 0 aliphatic carbocycles. The van der Waals surface area contributed by atoms with E-state index in [1.807, 2.05) is 152 Å². The first-order chi connectivity index (χ1) is 31.0. The van der Waals surface area contributed by atoms with E-state index in [4.69, 9.17) is 16.3 Å². The zero-order valence-corrected chi connectivity index (χ0v) is 36.8. The van der Waals surface area contributed by atoms with Crippen LogP contribution in [0.1, 0.15) is 59.7 Å². The fraction of sp³-hybridized carbons (Fsp3) is 0.182. The molecular weight excluding hydrogens is 816 g/mol. The fourth-order valence-electron chi connectivity index (χ4n) is 9.43. The van der Waals surface area contributed by atoms with Gasteiger partial charge in [-0.05, 0) is 85.0 Å². The Kier molecular flexibility index (Phi) is 11.3. The average molecular weight is 865 g/mol. The van der Waals surface area contributed by atoms with Gasteiger partial charge in [-0.15, -0.1) is 0 Å². The van der Waals surface area contributed by atoms with Gasteiger partial charge in [-0.3, -0.25) is 9.59 Å². The molecule has 2 atom stereocenters. The van der Waals surface area contributed by atoms with E-state index in [-0.39, 0.29) is 13.1 Å². The largest absolute Gasteiger partial charge is 0.444 e. The van der Waals surface area contributed by atoms with Crippen molar-refractivity contribution < 1.29 is 19.1 Å². The average Bonchev–Trinajstić information content (AvgIpc) is 3.67. The van der Waals surface area contributed by atoms with E-state index in [2.05, 4.69) is 34.5 Å². The van der Waals surface area contributed by atoms with Crippen molar-refractivity contribution in [3.05, 3.63) is 232 Å². The van der Waals surface area contributed by atoms with Gasteiger partial charge in [0.25, 0.3) is 5.91 Å². The second-order valence-corrected chi connectivity index (χ2v) is 17.9. The first kappa shape index (κ1) is 42.2. The number of nitrogens with zero attached hydrogens (tertiary/aromatic N) is 3. The molecule has 8 nitrogen and oxygen atoms in total. The van der Waals surface area contributed by atoms with Gasteiger partial charge in [0.1, 0.15) is 11.0 Å². The number of anilines is 3. The highest BCUT2D eigenvalue weighted by Crippen LogP contribution is 2.61. The molecule has 7 aromatic rings. The van der Waals surface area contributed by atoms with Crippen LogP contribution in [0.3, 0.4) is 0 Å². The predicted octanol–water partition coefficient (Wildman–Crippen LogP) is 11.3. The van der Waals surface area contributed by atoms with Crippen molar-refractivity contribution >= 4 is 46.6 Å². The van der Waals surface area contributed by atoms with Gasteiger partial charge in [-0.1, -0.05) is 163 Å². The number of hydrogen-bond donors (Lipinski definition) is 1. The normalized spacial score (nSPS) is 17.8. The third-order valence-electron chi connectivity index (χ3n) is 12.1. The Bertz CT molecular complexity index is 2760. The van der Waals surface area contributed by atoms with Crippen LogP contribution in [0, 0.1) is 0 Å². The van der Waals surface area contributed by atoms with Crippen LogP contribution in [0.5, 0.6) is 0 Å². The number of rotatable bonds is 12. The number of alkyl carbamates (subject to hydrolysis) is 1. The lowest BCUT2D eigenvalue weighted by Gasteiger charge is -2.45. The zero-order chi connectivity index (χ0) is 44.5. The lowest BCUT2D eigenvalue weighted by atomic mass is 9.59. The van der Waals surface area contributed by atoms with Gasteiger partial charge < -0.3 is 24.8 Å². The van der Waals surface area contributed by atoms with Gasteiger partial charge in [0.15, 0.2) is 5.54 Å². The summed E-state index contributed by atoms with van der Waals surface area (Å²) in [6.45, 7) is 6.93. The van der Waals surface area contributed by atoms with Crippen molar-refractivity contribution in [3.63, 3.8) is 0 Å². The molecular formula is C55H49ClN4O4. The lowest BCUT2D eigenvalue weighted by molar-refractivity contribution is -0.134. The van der Waals surface area contributed by atoms with Gasteiger partial charge in [-0.2, -0.15) is 0 Å². The number of para-hydroxylation sites is 1. The van der Waals surface area contributed by atoms with Crippen molar-refractivity contribution in [2.24, 2.45) is 0 Å². The minimum Gasteiger partial charge on any atom is -0.444 e. The van der Waals surface area contributed by atoms with Crippen molar-refractivity contribution in [2.45, 2.75) is 63.5 Å². The van der Waals surface area contributed by atoms with Crippen LogP contribution < -0.4 is 20.0 Å². The third-order valence-corrected chi connectivity index (χ3v) is 12.3. The summed E-state index contributed by atoms with van der Waals surface area (Å²) in [6, 6.07) is 60.7. The Labute approximate surface area is 379 Å². The molecule has 0 fully saturated rings. The van der Waals surface area contributed by atoms with E-state index in [1.165, 1.54) is 0 Å². The standard InChI is InChI=1S/C55H49ClN4O4/c1-53(2,3)64-52(63)57-55(46-26-16-17-27-48(46)60(51(55)62)38-42-24-14-7-15-25-42)54(47-34-44(56)30-33-49(47)59(50(54)61)37-41-22-12-6-13-23-41)43-28-31-45(32-29-43)58(35-39-18-8-4-9-19-39)36-40-20-10-5-11-21-40/h4-34H,35-38H2,1-3H3,(H,57,63)/t54-,55-/m1/s1. The summed E-state index contributed by atoms with van der Waals surface area (Å²) in [7, 11) is 0. The number of benzene rings is 7. The third kappa shape index (κ3) is 7.68. The van der Waals surface area contributed by atoms with Crippen molar-refractivity contribution in [2.75, 3.05) is 14.7 Å². The topological polar surface area (TPSA) is 82.2 Å². The number of nitrogens with one attached hydrogen (secondary N) is 1. The van der Waals surface area contributed by atoms with E-state index < -0.39 is 34.5 Å². The summed E-state index contributed by atoms with van der Waals surface area (Å²) >= 11 is 6.99. The Hall–Kier alpha value is -7.16. The van der Waals surface area contributed by atoms with E-state index >= 15 is 9.59 Å². The van der Waals surface area contributed by atoms with E-state index in [1.54, 1.807) is 42.7 Å². The Morgan fingerprint density at radius 1 is 0.578 bits per heavy atom. The van der Waals surface area contributed by atoms with Gasteiger partial charge >= 0.3 is 6.09 Å². The Balaban J connectivity index is 1.30. The minimum atomic E-state index is -2.09. The summed E-state index contributed by atoms with van der Waals surface area (Å²) in [5, 5.41) is 3.55. The van der Waals surface area contributed by atoms with Crippen molar-refractivity contribution in [3.8, 4) is 0 Å². The summed E-state index contributed by atoms with van der Waals surface area (Å²) in [6.07, 6.45) is -0.844. The number of carbonyl (C=O) groups excluding carboxylic acids is 3. The van der Waals surface area contributed by atoms with Crippen molar-refractivity contribution in [1.29, 1.82) is 0 Å². The summed E-state index contributed by atoms with van der Waals surface area (Å²) in [5.41, 5.74) is 2.59. The molecule has 2 heterocycles. The van der Waals surface area contributed by atoms with Crippen LogP contribution in [-0.4, -0.2) is 23.5 Å². The molecule has 1 N–H and O–H groups in total. The highest BCUT2D eigenvalue weighted by molar-refractivity contribution is 6.31. The molecule has 9 heteroatoms. The lowest BCUT2D eigenvalue weighted by Crippen LogP contribution is -2.68. The number of amides is 3. The first-order valence-corrected chi connectivity index (χ1v) is 21.9. The van der Waals surface area contributed by atoms with Gasteiger partial charge in [0.2, 0.25) is 5.91 Å². The maximum Gasteiger partial charge on any atom is 0.408 e. The molecule has 0 radical (unpaired) electrons. The molecule has 7 aromatic carbocycles. The molecule has 320 valence electrons. The van der Waals surface area contributed by atoms with Gasteiger partial charge in [0.05, 0.1) is 18.8 Å². The summed E-state index contributed by atoms with van der Waals surface area (Å²) in [5.74, 6) is -0.879. The molecule has 0 spiro atoms. The fourth-order valence-corrected chi connectivity index (χ4v) is 9.60. The summed E-state index contributed by atoms with van der Waals surface area (Å²) < 4.78 is 6.04. The molecule has 0 aromatic heterocycles. The number of hydrogen-bond acceptors (Lipinski definition) is 5. The van der Waals surface area contributed by atoms with E-state index in [0.717, 1.165) is 27.9 Å². The van der Waals surface area contributed by atoms with Crippen molar-refractivity contribution in [1.82, 2.24) is 5.32 Å². The number of halogens is 1. The van der Waals surface area contributed by atoms with Crippen LogP contribution in [-0.2, 0) is 51.5 Å². The SMILES string of the molecule is CC(C)(C)OC(=O)N[C@@]1([C@@]2(c3ccc(N(Cc4ccccc4)Cc4ccccc4)cc3)C(=O)N(Cc3ccccc3)c3ccc(Cl)cc32)C(=O)N(Cc2ccccc2)c2ccccc21. The molecule has 0 saturated carbocycles. The highest BCUT2D eigenvalue weighted by Gasteiger charge is 2.73. The van der Waals surface area contributed by atoms with E-state index in [9.17, 15) is 4.79 Å². The van der Waals surface area contributed by atoms with Crippen LogP contribution >= 0.6 is 11.6 Å². The summed E-state index contributed by atoms with van der Waals surface area (Å²) in [4.78, 5) is 53.1. The van der Waals surface area contributed by atoms with Crippen LogP contribution in [0.25, 0.3) is 0 Å². The first-order valence-electron chi connectivity index (χ1n) is 21.5. The quantitative estimate of drug-likeness (QED) is 0.132. The van der Waals surface area contributed by atoms with E-state index in [0.29, 0.717) is 46.2 Å². The molecule has 64 heavy (non-hydrogen) atoms. The van der Waals surface area contributed by atoms with Crippen LogP contribution in [0.15, 0.2) is 188 Å². The molecule has 0 unspecified atom stereocenters. The predicted molar refractivity (Wildman–Crippen MR) is 254 cm³/mol. The molecule has 0 saturated heterocycles. The second-order valence-electron chi connectivity index (χ2n) is 17.4. The Morgan fingerprint density at radius 2 is 1.05 bits per heavy atom. The zero-order valence-electron chi connectivity index (χ0n) is 36.1. The number of carbonyl (C=O) groups is 3. The molecule has 2 aliphatic rings. The highest BCUT2D eigenvalue weighted by atomic mass is 35.5. The number of fused-ring (bicyclic) bond motifs is 2. The molecule has 2 aliphatic heterocycles. The maximum absolute atomic E-state index is 16.5. The smallest absolute Gasteiger partial charge is 0.408 e. The maximum atomic E-state index is 16.5. The second kappa shape index (κ2) is 17.2. The molecule has 0 bridgehead atoms. The number of ether oxygens (including phenoxy) is 1. The molecule has 9 rings (SSSR count). The van der Waals surface area contributed by atoms with Crippen LogP contribution in [0.4, 0.5) is 21.9 Å². The van der Waals surface area contributed by atoms with Gasteiger partial charge in [0, 0.05) is 40.6 Å². The molecule has 3 amide bonds. The minimum absolute atomic E-state index is 0.182. The van der Waals surface area contributed by atoms with Crippen LogP contribution in [0.2, 0.25) is 5.02 Å². The van der Waals surface area contributed by atoms with Gasteiger partial charge in [-0.25, -0.2) is 4.79 Å².